The van der Waals surface area contributed by atoms with Crippen molar-refractivity contribution in [2.45, 2.75) is 76.4 Å². The number of rotatable bonds is 8. The minimum absolute atomic E-state index is 0.0161. The van der Waals surface area contributed by atoms with E-state index in [0.29, 0.717) is 31.3 Å². The molecule has 5 aliphatic rings. The number of hydrogen-bond acceptors (Lipinski definition) is 7. The molecular weight excluding hydrogens is 472 g/mol. The molecule has 37 heavy (non-hydrogen) atoms. The second-order valence-corrected chi connectivity index (χ2v) is 12.5. The molecule has 1 aliphatic heterocycles. The number of nitrogens with zero attached hydrogens (tertiary/aromatic N) is 1. The average molecular weight is 519 g/mol. The highest BCUT2D eigenvalue weighted by atomic mass is 16.5. The number of aliphatic hydroxyl groups is 2. The smallest absolute Gasteiger partial charge is 0.293 e. The third-order valence-electron chi connectivity index (χ3n) is 11.1. The van der Waals surface area contributed by atoms with Gasteiger partial charge in [0.15, 0.2) is 0 Å². The van der Waals surface area contributed by atoms with E-state index in [2.05, 4.69) is 17.2 Å². The molecule has 4 fully saturated rings. The lowest BCUT2D eigenvalue weighted by Crippen LogP contribution is -3.19. The summed E-state index contributed by atoms with van der Waals surface area (Å²) in [6.45, 7) is 5.28. The van der Waals surface area contributed by atoms with Gasteiger partial charge in [-0.15, -0.1) is 0 Å². The predicted octanol–water partition coefficient (Wildman–Crippen LogP) is -1.02. The van der Waals surface area contributed by atoms with Crippen molar-refractivity contribution in [1.82, 2.24) is 5.32 Å². The number of piperidine rings is 1. The third-order valence-corrected chi connectivity index (χ3v) is 11.1. The molecule has 2 bridgehead atoms. The Balaban J connectivity index is 1.60. The van der Waals surface area contributed by atoms with Gasteiger partial charge in [-0.1, -0.05) is 25.3 Å². The van der Waals surface area contributed by atoms with E-state index in [0.717, 1.165) is 75.1 Å². The summed E-state index contributed by atoms with van der Waals surface area (Å²) in [6, 6.07) is 0. The van der Waals surface area contributed by atoms with Crippen LogP contribution in [0.4, 0.5) is 0 Å². The molecule has 6 N–H and O–H groups in total. The number of aliphatic carboxylic acids is 1. The first-order valence-electron chi connectivity index (χ1n) is 14.4. The zero-order valence-electron chi connectivity index (χ0n) is 22.6. The lowest BCUT2D eigenvalue weighted by molar-refractivity contribution is -0.828. The van der Waals surface area contributed by atoms with Gasteiger partial charge < -0.3 is 35.9 Å². The monoisotopic (exact) mass is 518 g/mol. The molecule has 5 rings (SSSR count). The Morgan fingerprint density at radius 3 is 2.70 bits per heavy atom. The Morgan fingerprint density at radius 2 is 2.03 bits per heavy atom. The van der Waals surface area contributed by atoms with Crippen molar-refractivity contribution < 1.29 is 29.8 Å². The van der Waals surface area contributed by atoms with Gasteiger partial charge in [0.25, 0.3) is 5.96 Å². The van der Waals surface area contributed by atoms with E-state index in [4.69, 9.17) is 10.5 Å². The number of likely N-dealkylation sites (tertiary alicyclic amines) is 1. The molecule has 0 radical (unpaired) electrons. The Labute approximate surface area is 220 Å². The quantitative estimate of drug-likeness (QED) is 0.157. The van der Waals surface area contributed by atoms with Gasteiger partial charge in [0.1, 0.15) is 5.60 Å². The van der Waals surface area contributed by atoms with Crippen LogP contribution in [-0.2, 0) is 9.53 Å². The number of carboxylic acids is 1. The highest BCUT2D eigenvalue weighted by Crippen LogP contribution is 2.76. The van der Waals surface area contributed by atoms with Gasteiger partial charge in [-0.3, -0.25) is 4.90 Å². The van der Waals surface area contributed by atoms with Gasteiger partial charge >= 0.3 is 0 Å². The van der Waals surface area contributed by atoms with E-state index in [1.54, 1.807) is 7.05 Å². The van der Waals surface area contributed by atoms with Crippen LogP contribution in [0, 0.1) is 28.6 Å². The molecule has 0 aromatic rings. The maximum absolute atomic E-state index is 12.8. The molecular formula is C28H46N4O5. The van der Waals surface area contributed by atoms with Crippen molar-refractivity contribution in [2.75, 3.05) is 46.4 Å². The van der Waals surface area contributed by atoms with Crippen molar-refractivity contribution in [3.8, 4) is 0 Å². The number of carboxylic acid groups (broad SMARTS) is 1. The molecule has 0 aromatic heterocycles. The topological polar surface area (TPSA) is 145 Å². The minimum atomic E-state index is -1.55. The maximum Gasteiger partial charge on any atom is 0.293 e. The standard InChI is InChI=1S/C28H46N4O5/c1-18-7-8-19-13-22-23(24(34)35)26(36,17-37-21-5-3-4-6-21)15-27(18,22)28(19)16-32(25(29)30-2)11-9-20(28)14-31-10-12-33/h18-21,31,33,36H,3-17H2,1-2H3,(H2,29,30)(H,34,35). The van der Waals surface area contributed by atoms with Crippen molar-refractivity contribution in [3.05, 3.63) is 11.1 Å². The Morgan fingerprint density at radius 1 is 1.27 bits per heavy atom. The molecule has 9 heteroatoms. The fraction of sp³-hybridized carbons (Fsp3) is 0.857. The van der Waals surface area contributed by atoms with Gasteiger partial charge in [0.2, 0.25) is 0 Å². The number of hydrogen-bond donors (Lipinski definition) is 5. The lowest BCUT2D eigenvalue weighted by Gasteiger charge is -2.60. The number of nitrogens with one attached hydrogen (secondary N) is 2. The average Bonchev–Trinajstić information content (AvgIpc) is 3.52. The largest absolute Gasteiger partial charge is 0.545 e. The van der Waals surface area contributed by atoms with Crippen LogP contribution < -0.4 is 21.1 Å². The molecule has 7 unspecified atom stereocenters. The number of carbonyl (C=O) groups excluding carboxylic acids is 1. The van der Waals surface area contributed by atoms with Gasteiger partial charge in [0, 0.05) is 36.4 Å². The number of guanidine groups is 1. The van der Waals surface area contributed by atoms with Crippen molar-refractivity contribution in [2.24, 2.45) is 39.3 Å². The fourth-order valence-electron chi connectivity index (χ4n) is 9.63. The van der Waals surface area contributed by atoms with Gasteiger partial charge in [-0.05, 0) is 62.8 Å². The number of quaternary nitrogens is 1. The van der Waals surface area contributed by atoms with Crippen LogP contribution in [0.3, 0.4) is 0 Å². The Bertz CT molecular complexity index is 949. The van der Waals surface area contributed by atoms with Gasteiger partial charge in [0.05, 0.1) is 38.4 Å². The van der Waals surface area contributed by atoms with E-state index >= 15 is 0 Å². The molecule has 4 aliphatic carbocycles. The summed E-state index contributed by atoms with van der Waals surface area (Å²) in [5.41, 5.74) is 5.20. The summed E-state index contributed by atoms with van der Waals surface area (Å²) >= 11 is 0. The fourth-order valence-corrected chi connectivity index (χ4v) is 9.63. The first-order valence-corrected chi connectivity index (χ1v) is 14.4. The number of ether oxygens (including phenoxy) is 1. The summed E-state index contributed by atoms with van der Waals surface area (Å²) in [4.78, 5) is 18.3. The van der Waals surface area contributed by atoms with Crippen LogP contribution in [0.2, 0.25) is 0 Å². The molecule has 9 nitrogen and oxygen atoms in total. The zero-order chi connectivity index (χ0) is 26.4. The highest BCUT2D eigenvalue weighted by molar-refractivity contribution is 5.90. The lowest BCUT2D eigenvalue weighted by atomic mass is 9.45. The predicted molar refractivity (Wildman–Crippen MR) is 137 cm³/mol. The number of nitrogens with two attached hydrogens (primary N) is 1. The zero-order valence-corrected chi connectivity index (χ0v) is 22.6. The summed E-state index contributed by atoms with van der Waals surface area (Å²) in [5, 5.41) is 37.8. The van der Waals surface area contributed by atoms with Crippen LogP contribution in [0.25, 0.3) is 0 Å². The normalized spacial score (nSPS) is 42.1. The van der Waals surface area contributed by atoms with E-state index in [-0.39, 0.29) is 42.1 Å². The first-order chi connectivity index (χ1) is 17.7. The van der Waals surface area contributed by atoms with Gasteiger partial charge in [-0.2, -0.15) is 0 Å². The molecule has 1 saturated heterocycles. The molecule has 0 aromatic carbocycles. The number of aliphatic hydroxyl groups excluding tert-OH is 1. The van der Waals surface area contributed by atoms with Crippen LogP contribution in [-0.4, -0.2) is 80.3 Å². The highest BCUT2D eigenvalue weighted by Gasteiger charge is 2.75. The molecule has 2 spiro atoms. The van der Waals surface area contributed by atoms with E-state index in [9.17, 15) is 20.1 Å². The molecule has 1 heterocycles. The molecule has 0 amide bonds. The summed E-state index contributed by atoms with van der Waals surface area (Å²) < 4.78 is 6.20. The van der Waals surface area contributed by atoms with Crippen LogP contribution in [0.15, 0.2) is 16.1 Å². The van der Waals surface area contributed by atoms with Gasteiger partial charge in [-0.25, -0.2) is 4.99 Å². The van der Waals surface area contributed by atoms with E-state index in [1.165, 1.54) is 0 Å². The van der Waals surface area contributed by atoms with Crippen molar-refractivity contribution >= 4 is 11.9 Å². The van der Waals surface area contributed by atoms with Crippen molar-refractivity contribution in [1.29, 1.82) is 0 Å². The number of allylic oxidation sites excluding steroid dienone is 1. The summed E-state index contributed by atoms with van der Waals surface area (Å²) in [5.74, 6) is 0.158. The van der Waals surface area contributed by atoms with Crippen LogP contribution >= 0.6 is 0 Å². The molecule has 3 saturated carbocycles. The summed E-state index contributed by atoms with van der Waals surface area (Å²) in [6.07, 6.45) is 8.29. The third kappa shape index (κ3) is 4.07. The second kappa shape index (κ2) is 10.2. The SMILES string of the molecule is CN=C(N)[NH+]1CCC(CNCCO)C2(C1)C1CCC(C)C23CC(O)(COC2CCCC2)C(C(=O)[O-])=C3C1. The first kappa shape index (κ1) is 27.1. The summed E-state index contributed by atoms with van der Waals surface area (Å²) in [7, 11) is 1.73. The Kier molecular flexibility index (Phi) is 7.48. The van der Waals surface area contributed by atoms with Crippen LogP contribution in [0.1, 0.15) is 64.7 Å². The minimum Gasteiger partial charge on any atom is -0.545 e. The van der Waals surface area contributed by atoms with Crippen molar-refractivity contribution in [3.63, 3.8) is 0 Å². The maximum atomic E-state index is 12.8. The molecule has 7 atom stereocenters. The van der Waals surface area contributed by atoms with Crippen LogP contribution in [0.5, 0.6) is 0 Å². The number of aliphatic imine (C=N–C) groups is 1. The van der Waals surface area contributed by atoms with E-state index in [1.807, 2.05) is 0 Å². The van der Waals surface area contributed by atoms with E-state index < -0.39 is 17.0 Å². The number of carbonyl (C=O) groups is 1. The molecule has 208 valence electrons. The Hall–Kier alpha value is -1.52. The second-order valence-electron chi connectivity index (χ2n) is 12.5.